The number of aliphatic carboxylic acids is 1. The Balaban J connectivity index is 2.62. The third kappa shape index (κ3) is 3.84. The van der Waals surface area contributed by atoms with Gasteiger partial charge in [-0.15, -0.1) is 0 Å². The monoisotopic (exact) mass is 424 g/mol. The minimum Gasteiger partial charge on any atom is -0.495 e. The van der Waals surface area contributed by atoms with Gasteiger partial charge >= 0.3 is 12.0 Å². The number of carboxylic acid groups (broad SMARTS) is 1. The van der Waals surface area contributed by atoms with Crippen LogP contribution >= 0.6 is 0 Å². The third-order valence-electron chi connectivity index (χ3n) is 5.04. The molecule has 3 amide bonds. The molecule has 158 valence electrons. The molecule has 1 aliphatic heterocycles. The van der Waals surface area contributed by atoms with Gasteiger partial charge in [0.1, 0.15) is 16.2 Å². The van der Waals surface area contributed by atoms with Gasteiger partial charge in [0.05, 0.1) is 18.7 Å². The number of carbonyl (C=O) groups is 3. The Morgan fingerprint density at radius 1 is 1.28 bits per heavy atom. The predicted molar refractivity (Wildman–Crippen MR) is 104 cm³/mol. The normalized spacial score (nSPS) is 18.2. The Morgan fingerprint density at radius 2 is 1.86 bits per heavy atom. The first-order chi connectivity index (χ1) is 13.4. The number of likely N-dealkylation sites (N-methyl/N-ethyl adjacent to an activating group) is 1. The summed E-state index contributed by atoms with van der Waals surface area (Å²) in [6.07, 6.45) is 0.0287. The zero-order chi connectivity index (χ0) is 22.1. The molecular formula is C19H24N2O7S. The quantitative estimate of drug-likeness (QED) is 0.524. The van der Waals surface area contributed by atoms with Crippen LogP contribution in [0.15, 0.2) is 40.1 Å². The number of imide groups is 1. The number of nitrogens with zero attached hydrogens (tertiary/aromatic N) is 2. The molecule has 0 aromatic heterocycles. The fraction of sp³-hybridized carbons (Fsp3) is 0.421. The van der Waals surface area contributed by atoms with E-state index in [1.807, 2.05) is 0 Å². The lowest BCUT2D eigenvalue weighted by Crippen LogP contribution is -2.45. The summed E-state index contributed by atoms with van der Waals surface area (Å²) in [6, 6.07) is 3.84. The highest BCUT2D eigenvalue weighted by molar-refractivity contribution is 7.94. The number of amides is 3. The van der Waals surface area contributed by atoms with Crippen molar-refractivity contribution >= 4 is 27.7 Å². The summed E-state index contributed by atoms with van der Waals surface area (Å²) in [7, 11) is -1.51. The van der Waals surface area contributed by atoms with Gasteiger partial charge in [-0.05, 0) is 32.4 Å². The summed E-state index contributed by atoms with van der Waals surface area (Å²) in [4.78, 5) is 39.2. The molecule has 1 fully saturated rings. The first-order valence-electron chi connectivity index (χ1n) is 8.84. The van der Waals surface area contributed by atoms with Gasteiger partial charge in [0.15, 0.2) is 0 Å². The lowest BCUT2D eigenvalue weighted by molar-refractivity contribution is -0.135. The number of methoxy groups -OCH3 is 1. The molecule has 1 aromatic carbocycles. The van der Waals surface area contributed by atoms with E-state index in [-0.39, 0.29) is 17.1 Å². The van der Waals surface area contributed by atoms with Crippen molar-refractivity contribution < 1.29 is 32.6 Å². The molecule has 2 rings (SSSR count). The molecular weight excluding hydrogens is 400 g/mol. The maximum Gasteiger partial charge on any atom is 0.334 e. The number of benzene rings is 1. The van der Waals surface area contributed by atoms with E-state index in [0.717, 1.165) is 4.90 Å². The fourth-order valence-corrected chi connectivity index (χ4v) is 4.52. The van der Waals surface area contributed by atoms with Gasteiger partial charge in [0.25, 0.3) is 5.91 Å². The van der Waals surface area contributed by atoms with Crippen LogP contribution in [-0.2, 0) is 19.4 Å². The number of para-hydroxylation sites is 1. The Morgan fingerprint density at radius 3 is 2.31 bits per heavy atom. The summed E-state index contributed by atoms with van der Waals surface area (Å²) in [5, 5.41) is 10.3. The van der Waals surface area contributed by atoms with Crippen LogP contribution in [0.25, 0.3) is 0 Å². The van der Waals surface area contributed by atoms with E-state index in [1.165, 1.54) is 51.1 Å². The van der Waals surface area contributed by atoms with E-state index in [0.29, 0.717) is 5.41 Å². The van der Waals surface area contributed by atoms with Crippen molar-refractivity contribution in [1.82, 2.24) is 9.80 Å². The molecule has 9 nitrogen and oxygen atoms in total. The van der Waals surface area contributed by atoms with Crippen molar-refractivity contribution in [1.29, 1.82) is 0 Å². The minimum atomic E-state index is -4.24. The summed E-state index contributed by atoms with van der Waals surface area (Å²) in [6.45, 7) is 4.65. The molecule has 1 aliphatic rings. The zero-order valence-electron chi connectivity index (χ0n) is 16.9. The highest BCUT2D eigenvalue weighted by atomic mass is 32.2. The summed E-state index contributed by atoms with van der Waals surface area (Å²) >= 11 is 0. The van der Waals surface area contributed by atoms with Crippen LogP contribution in [0.5, 0.6) is 5.75 Å². The summed E-state index contributed by atoms with van der Waals surface area (Å²) in [5.41, 5.74) is -1.75. The number of urea groups is 1. The standard InChI is InChI=1S/C19H24N2O7S/c1-6-13(21-17(24)19(2,3)20(4)18(21)25)12(16(22)23)11-29(26,27)15-10-8-7-9-14(15)28-5/h7-11,13H,6H2,1-5H3,(H,22,23)/b12-11+. The number of carbonyl (C=O) groups excluding carboxylic acids is 2. The largest absolute Gasteiger partial charge is 0.495 e. The molecule has 0 bridgehead atoms. The molecule has 0 saturated carbocycles. The second-order valence-corrected chi connectivity index (χ2v) is 8.84. The molecule has 1 saturated heterocycles. The van der Waals surface area contributed by atoms with Crippen LogP contribution in [-0.4, -0.2) is 67.0 Å². The number of ether oxygens (including phenoxy) is 1. The third-order valence-corrected chi connectivity index (χ3v) is 6.55. The van der Waals surface area contributed by atoms with Crippen molar-refractivity contribution in [2.24, 2.45) is 0 Å². The molecule has 0 radical (unpaired) electrons. The molecule has 1 N–H and O–H groups in total. The second-order valence-electron chi connectivity index (χ2n) is 7.07. The van der Waals surface area contributed by atoms with Gasteiger partial charge in [0, 0.05) is 12.5 Å². The van der Waals surface area contributed by atoms with E-state index in [1.54, 1.807) is 13.0 Å². The molecule has 1 heterocycles. The molecule has 29 heavy (non-hydrogen) atoms. The molecule has 0 spiro atoms. The lowest BCUT2D eigenvalue weighted by atomic mass is 10.0. The highest BCUT2D eigenvalue weighted by Gasteiger charge is 2.52. The van der Waals surface area contributed by atoms with E-state index in [4.69, 9.17) is 4.74 Å². The van der Waals surface area contributed by atoms with Gasteiger partial charge in [0.2, 0.25) is 9.84 Å². The first-order valence-corrected chi connectivity index (χ1v) is 10.4. The summed E-state index contributed by atoms with van der Waals surface area (Å²) < 4.78 is 30.9. The van der Waals surface area contributed by atoms with Crippen LogP contribution in [0.3, 0.4) is 0 Å². The molecule has 1 unspecified atom stereocenters. The van der Waals surface area contributed by atoms with Crippen molar-refractivity contribution in [2.45, 2.75) is 43.7 Å². The number of hydrogen-bond acceptors (Lipinski definition) is 6. The van der Waals surface area contributed by atoms with Crippen molar-refractivity contribution in [2.75, 3.05) is 14.2 Å². The smallest absolute Gasteiger partial charge is 0.334 e. The van der Waals surface area contributed by atoms with Crippen LogP contribution in [0, 0.1) is 0 Å². The number of rotatable bonds is 7. The minimum absolute atomic E-state index is 0.0287. The molecule has 1 atom stereocenters. The van der Waals surface area contributed by atoms with Crippen molar-refractivity contribution in [3.05, 3.63) is 35.2 Å². The van der Waals surface area contributed by atoms with E-state index >= 15 is 0 Å². The number of hydrogen-bond donors (Lipinski definition) is 1. The van der Waals surface area contributed by atoms with Crippen LogP contribution < -0.4 is 4.74 Å². The number of carboxylic acids is 1. The van der Waals surface area contributed by atoms with Crippen LogP contribution in [0.2, 0.25) is 0 Å². The van der Waals surface area contributed by atoms with E-state index in [2.05, 4.69) is 0 Å². The highest BCUT2D eigenvalue weighted by Crippen LogP contribution is 2.32. The molecule has 1 aromatic rings. The molecule has 10 heteroatoms. The number of sulfone groups is 1. The fourth-order valence-electron chi connectivity index (χ4n) is 3.10. The Bertz CT molecular complexity index is 982. The average molecular weight is 424 g/mol. The second kappa shape index (κ2) is 7.86. The SMILES string of the molecule is CCC(/C(=C\S(=O)(=O)c1ccccc1OC)C(=O)O)N1C(=O)N(C)C(C)(C)C1=O. The van der Waals surface area contributed by atoms with Gasteiger partial charge in [-0.25, -0.2) is 18.0 Å². The lowest BCUT2D eigenvalue weighted by Gasteiger charge is -2.25. The maximum absolute atomic E-state index is 12.9. The van der Waals surface area contributed by atoms with Crippen molar-refractivity contribution in [3.63, 3.8) is 0 Å². The van der Waals surface area contributed by atoms with Crippen molar-refractivity contribution in [3.8, 4) is 5.75 Å². The Labute approximate surface area is 169 Å². The Hall–Kier alpha value is -2.88. The predicted octanol–water partition coefficient (Wildman–Crippen LogP) is 1.89. The topological polar surface area (TPSA) is 121 Å². The van der Waals surface area contributed by atoms with Crippen LogP contribution in [0.4, 0.5) is 4.79 Å². The van der Waals surface area contributed by atoms with Gasteiger partial charge in [-0.1, -0.05) is 19.1 Å². The Kier molecular flexibility index (Phi) is 6.07. The summed E-state index contributed by atoms with van der Waals surface area (Å²) in [5.74, 6) is -2.09. The first kappa shape index (κ1) is 22.4. The zero-order valence-corrected chi connectivity index (χ0v) is 17.7. The van der Waals surface area contributed by atoms with Gasteiger partial charge in [-0.2, -0.15) is 0 Å². The average Bonchev–Trinajstić information content (AvgIpc) is 2.82. The maximum atomic E-state index is 12.9. The van der Waals surface area contributed by atoms with Gasteiger partial charge in [-0.3, -0.25) is 9.69 Å². The van der Waals surface area contributed by atoms with Gasteiger partial charge < -0.3 is 14.7 Å². The molecule has 0 aliphatic carbocycles. The van der Waals surface area contributed by atoms with E-state index < -0.39 is 44.9 Å². The van der Waals surface area contributed by atoms with E-state index in [9.17, 15) is 27.9 Å². The van der Waals surface area contributed by atoms with Crippen LogP contribution in [0.1, 0.15) is 27.2 Å².